The van der Waals surface area contributed by atoms with Crippen molar-refractivity contribution in [3.8, 4) is 0 Å². The van der Waals surface area contributed by atoms with E-state index in [0.717, 1.165) is 36.1 Å². The molecule has 0 saturated heterocycles. The van der Waals surface area contributed by atoms with Crippen LogP contribution in [0.2, 0.25) is 0 Å². The molecule has 9 nitrogen and oxygen atoms in total. The Balaban J connectivity index is 1.73. The van der Waals surface area contributed by atoms with Crippen LogP contribution in [0.1, 0.15) is 32.6 Å². The fourth-order valence-corrected chi connectivity index (χ4v) is 5.80. The second-order valence-corrected chi connectivity index (χ2v) is 11.7. The summed E-state index contributed by atoms with van der Waals surface area (Å²) < 4.78 is 31.4. The molecule has 3 rings (SSSR count). The van der Waals surface area contributed by atoms with E-state index >= 15 is 0 Å². The second-order valence-electron chi connectivity index (χ2n) is 7.69. The largest absolute Gasteiger partial charge is 0.465 e. The zero-order valence-electron chi connectivity index (χ0n) is 18.6. The van der Waals surface area contributed by atoms with Gasteiger partial charge in [0.15, 0.2) is 5.13 Å². The highest BCUT2D eigenvalue weighted by Gasteiger charge is 2.24. The van der Waals surface area contributed by atoms with E-state index in [-0.39, 0.29) is 17.8 Å². The van der Waals surface area contributed by atoms with E-state index in [4.69, 9.17) is 4.74 Å². The van der Waals surface area contributed by atoms with Crippen LogP contribution < -0.4 is 14.9 Å². The Hall–Kier alpha value is -2.31. The SMILES string of the molecule is CCOC(=O)CSc1cnc(NC(=O)N(CC2CCCC2)c2cccc(NS(C)(=O)=O)c2)s1. The van der Waals surface area contributed by atoms with Gasteiger partial charge in [0.25, 0.3) is 0 Å². The van der Waals surface area contributed by atoms with Crippen molar-refractivity contribution in [1.82, 2.24) is 4.98 Å². The summed E-state index contributed by atoms with van der Waals surface area (Å²) in [6.45, 7) is 2.62. The lowest BCUT2D eigenvalue weighted by Crippen LogP contribution is -2.38. The molecular weight excluding hydrogens is 484 g/mol. The number of carbonyl (C=O) groups excluding carboxylic acids is 2. The third-order valence-electron chi connectivity index (χ3n) is 4.96. The maximum absolute atomic E-state index is 13.2. The van der Waals surface area contributed by atoms with Crippen LogP contribution in [0, 0.1) is 5.92 Å². The Kier molecular flexibility index (Phi) is 8.98. The minimum absolute atomic E-state index is 0.178. The van der Waals surface area contributed by atoms with Crippen molar-refractivity contribution in [2.45, 2.75) is 36.8 Å². The first-order valence-electron chi connectivity index (χ1n) is 10.6. The third kappa shape index (κ3) is 8.20. The van der Waals surface area contributed by atoms with Crippen LogP contribution >= 0.6 is 23.1 Å². The Morgan fingerprint density at radius 1 is 1.30 bits per heavy atom. The Morgan fingerprint density at radius 2 is 2.06 bits per heavy atom. The minimum atomic E-state index is -3.44. The summed E-state index contributed by atoms with van der Waals surface area (Å²) in [7, 11) is -3.44. The number of benzene rings is 1. The maximum atomic E-state index is 13.2. The summed E-state index contributed by atoms with van der Waals surface area (Å²) in [5.74, 6) is 0.262. The molecule has 1 saturated carbocycles. The van der Waals surface area contributed by atoms with Crippen molar-refractivity contribution in [2.75, 3.05) is 40.1 Å². The lowest BCUT2D eigenvalue weighted by atomic mass is 10.1. The lowest BCUT2D eigenvalue weighted by Gasteiger charge is -2.26. The van der Waals surface area contributed by atoms with Gasteiger partial charge in [0.1, 0.15) is 0 Å². The van der Waals surface area contributed by atoms with Gasteiger partial charge in [-0.1, -0.05) is 30.2 Å². The normalized spacial score (nSPS) is 14.1. The highest BCUT2D eigenvalue weighted by molar-refractivity contribution is 8.01. The monoisotopic (exact) mass is 512 g/mol. The Morgan fingerprint density at radius 3 is 2.76 bits per heavy atom. The number of anilines is 3. The number of hydrogen-bond acceptors (Lipinski definition) is 8. The van der Waals surface area contributed by atoms with Gasteiger partial charge in [-0.15, -0.1) is 11.8 Å². The Bertz CT molecular complexity index is 1070. The molecule has 180 valence electrons. The van der Waals surface area contributed by atoms with E-state index < -0.39 is 10.0 Å². The molecule has 0 atom stereocenters. The number of thiazole rings is 1. The predicted molar refractivity (Wildman–Crippen MR) is 133 cm³/mol. The van der Waals surface area contributed by atoms with Crippen molar-refractivity contribution >= 4 is 61.6 Å². The number of rotatable bonds is 10. The molecular formula is C21H28N4O5S3. The van der Waals surface area contributed by atoms with Crippen molar-refractivity contribution in [3.63, 3.8) is 0 Å². The number of ether oxygens (including phenoxy) is 1. The van der Waals surface area contributed by atoms with Crippen molar-refractivity contribution < 1.29 is 22.7 Å². The number of nitrogens with one attached hydrogen (secondary N) is 2. The van der Waals surface area contributed by atoms with Crippen LogP contribution in [-0.4, -0.2) is 50.6 Å². The summed E-state index contributed by atoms with van der Waals surface area (Å²) >= 11 is 2.59. The quantitative estimate of drug-likeness (QED) is 0.358. The number of nitrogens with zero attached hydrogens (tertiary/aromatic N) is 2. The molecule has 12 heteroatoms. The molecule has 0 bridgehead atoms. The number of aromatic nitrogens is 1. The Labute approximate surface area is 202 Å². The van der Waals surface area contributed by atoms with Crippen molar-refractivity contribution in [1.29, 1.82) is 0 Å². The lowest BCUT2D eigenvalue weighted by molar-refractivity contribution is -0.139. The van der Waals surface area contributed by atoms with Crippen LogP contribution in [0.25, 0.3) is 0 Å². The van der Waals surface area contributed by atoms with E-state index in [9.17, 15) is 18.0 Å². The topological polar surface area (TPSA) is 118 Å². The average Bonchev–Trinajstić information content (AvgIpc) is 3.41. The first-order chi connectivity index (χ1) is 15.7. The molecule has 0 unspecified atom stereocenters. The molecule has 0 aliphatic heterocycles. The highest BCUT2D eigenvalue weighted by Crippen LogP contribution is 2.31. The molecule has 2 N–H and O–H groups in total. The zero-order chi connectivity index (χ0) is 23.8. The van der Waals surface area contributed by atoms with Gasteiger partial charge in [0.2, 0.25) is 10.0 Å². The minimum Gasteiger partial charge on any atom is -0.465 e. The zero-order valence-corrected chi connectivity index (χ0v) is 21.0. The molecule has 0 spiro atoms. The second kappa shape index (κ2) is 11.7. The molecule has 33 heavy (non-hydrogen) atoms. The van der Waals surface area contributed by atoms with Crippen LogP contribution in [0.3, 0.4) is 0 Å². The number of esters is 1. The number of carbonyl (C=O) groups is 2. The van der Waals surface area contributed by atoms with Gasteiger partial charge in [-0.05, 0) is 43.9 Å². The van der Waals surface area contributed by atoms with E-state index in [1.165, 1.54) is 23.1 Å². The summed E-state index contributed by atoms with van der Waals surface area (Å²) in [6.07, 6.45) is 7.09. The number of urea groups is 1. The van der Waals surface area contributed by atoms with Gasteiger partial charge in [-0.3, -0.25) is 19.7 Å². The van der Waals surface area contributed by atoms with Gasteiger partial charge < -0.3 is 4.74 Å². The smallest absolute Gasteiger partial charge is 0.328 e. The molecule has 2 aromatic rings. The van der Waals surface area contributed by atoms with Crippen LogP contribution in [-0.2, 0) is 19.6 Å². The fraction of sp³-hybridized carbons (Fsp3) is 0.476. The summed E-state index contributed by atoms with van der Waals surface area (Å²) in [5, 5.41) is 3.27. The summed E-state index contributed by atoms with van der Waals surface area (Å²) in [6, 6.07) is 6.45. The van der Waals surface area contributed by atoms with E-state index in [2.05, 4.69) is 15.0 Å². The van der Waals surface area contributed by atoms with Crippen molar-refractivity contribution in [2.24, 2.45) is 5.92 Å². The number of hydrogen-bond donors (Lipinski definition) is 2. The number of sulfonamides is 1. The maximum Gasteiger partial charge on any atom is 0.328 e. The third-order valence-corrected chi connectivity index (χ3v) is 7.65. The molecule has 0 radical (unpaired) electrons. The van der Waals surface area contributed by atoms with Gasteiger partial charge in [-0.25, -0.2) is 18.2 Å². The highest BCUT2D eigenvalue weighted by atomic mass is 32.2. The van der Waals surface area contributed by atoms with E-state index in [1.807, 2.05) is 0 Å². The van der Waals surface area contributed by atoms with Gasteiger partial charge in [0.05, 0.1) is 34.7 Å². The average molecular weight is 513 g/mol. The van der Waals surface area contributed by atoms with Crippen molar-refractivity contribution in [3.05, 3.63) is 30.5 Å². The van der Waals surface area contributed by atoms with Gasteiger partial charge >= 0.3 is 12.0 Å². The molecule has 1 heterocycles. The molecule has 1 aliphatic rings. The fourth-order valence-electron chi connectivity index (χ4n) is 3.58. The van der Waals surface area contributed by atoms with Gasteiger partial charge in [-0.2, -0.15) is 0 Å². The van der Waals surface area contributed by atoms with E-state index in [1.54, 1.807) is 42.3 Å². The summed E-state index contributed by atoms with van der Waals surface area (Å²) in [4.78, 5) is 30.7. The number of amides is 2. The van der Waals surface area contributed by atoms with Gasteiger partial charge in [0, 0.05) is 12.2 Å². The molecule has 2 amide bonds. The molecule has 1 aromatic heterocycles. The van der Waals surface area contributed by atoms with Crippen LogP contribution in [0.4, 0.5) is 21.3 Å². The predicted octanol–water partition coefficient (Wildman–Crippen LogP) is 4.40. The number of thioether (sulfide) groups is 1. The first-order valence-corrected chi connectivity index (χ1v) is 14.3. The molecule has 1 aromatic carbocycles. The molecule has 1 aliphatic carbocycles. The molecule has 1 fully saturated rings. The van der Waals surface area contributed by atoms with Crippen LogP contribution in [0.15, 0.2) is 34.7 Å². The van der Waals surface area contributed by atoms with E-state index in [0.29, 0.717) is 35.6 Å². The van der Waals surface area contributed by atoms with Crippen LogP contribution in [0.5, 0.6) is 0 Å². The summed E-state index contributed by atoms with van der Waals surface area (Å²) in [5.41, 5.74) is 0.993. The standard InChI is InChI=1S/C21H28N4O5S3/c1-3-30-18(26)14-31-19-12-22-20(32-19)23-21(27)25(13-15-7-4-5-8-15)17-10-6-9-16(11-17)24-33(2,28)29/h6,9-12,15,24H,3-5,7-8,13-14H2,1-2H3,(H,22,23,27). The first kappa shape index (κ1) is 25.3.